The molecule has 0 N–H and O–H groups in total. The second-order valence-corrected chi connectivity index (χ2v) is 7.40. The maximum atomic E-state index is 15.2. The number of benzene rings is 3. The van der Waals surface area contributed by atoms with Crippen LogP contribution in [0.3, 0.4) is 0 Å². The standard InChI is InChI=1S/C25H21F5O3/c1-3-31-17-8-5-13(11-16(17)26)12-33-19-10-7-15-14-6-9-18(32-4-2)22(27)20(14)24(29)25(30)21(15)23(19)28/h5-11,24-25H,3-4,12H2,1-2H3. The minimum Gasteiger partial charge on any atom is -0.491 e. The highest BCUT2D eigenvalue weighted by Gasteiger charge is 2.40. The SMILES string of the molecule is CCOc1ccc(COc2ccc3c(c2F)C(F)C(F)c2c-3ccc(OCC)c2F)cc1F. The lowest BCUT2D eigenvalue weighted by Gasteiger charge is -2.28. The highest BCUT2D eigenvalue weighted by Crippen LogP contribution is 2.52. The summed E-state index contributed by atoms with van der Waals surface area (Å²) >= 11 is 0. The molecular weight excluding hydrogens is 443 g/mol. The first-order valence-electron chi connectivity index (χ1n) is 10.5. The Balaban J connectivity index is 1.66. The summed E-state index contributed by atoms with van der Waals surface area (Å²) in [6.07, 6.45) is -4.86. The van der Waals surface area contributed by atoms with Crippen LogP contribution in [-0.4, -0.2) is 13.2 Å². The Hall–Kier alpha value is -3.29. The number of alkyl halides is 2. The second kappa shape index (κ2) is 9.29. The molecule has 0 fully saturated rings. The van der Waals surface area contributed by atoms with Crippen LogP contribution < -0.4 is 14.2 Å². The van der Waals surface area contributed by atoms with E-state index in [9.17, 15) is 17.6 Å². The number of ether oxygens (including phenoxy) is 3. The first kappa shape index (κ1) is 22.9. The highest BCUT2D eigenvalue weighted by atomic mass is 19.2. The van der Waals surface area contributed by atoms with Gasteiger partial charge in [0.05, 0.1) is 13.2 Å². The fourth-order valence-electron chi connectivity index (χ4n) is 3.89. The van der Waals surface area contributed by atoms with Crippen LogP contribution in [0.1, 0.15) is 42.9 Å². The Kier molecular flexibility index (Phi) is 6.44. The van der Waals surface area contributed by atoms with Gasteiger partial charge in [0.15, 0.2) is 47.0 Å². The fourth-order valence-corrected chi connectivity index (χ4v) is 3.89. The maximum Gasteiger partial charge on any atom is 0.171 e. The first-order valence-corrected chi connectivity index (χ1v) is 10.5. The third-order valence-corrected chi connectivity index (χ3v) is 5.38. The molecule has 3 aromatic rings. The molecular formula is C25H21F5O3. The van der Waals surface area contributed by atoms with Crippen molar-refractivity contribution in [2.75, 3.05) is 13.2 Å². The predicted molar refractivity (Wildman–Crippen MR) is 113 cm³/mol. The molecule has 1 aliphatic rings. The Morgan fingerprint density at radius 1 is 0.667 bits per heavy atom. The minimum atomic E-state index is -2.44. The van der Waals surface area contributed by atoms with Crippen LogP contribution in [0.4, 0.5) is 22.0 Å². The van der Waals surface area contributed by atoms with Crippen molar-refractivity contribution in [3.8, 4) is 28.4 Å². The second-order valence-electron chi connectivity index (χ2n) is 7.40. The van der Waals surface area contributed by atoms with Gasteiger partial charge in [-0.2, -0.15) is 0 Å². The topological polar surface area (TPSA) is 27.7 Å². The minimum absolute atomic E-state index is 0.0327. The Labute approximate surface area is 187 Å². The van der Waals surface area contributed by atoms with Gasteiger partial charge in [-0.25, -0.2) is 22.0 Å². The largest absolute Gasteiger partial charge is 0.491 e. The van der Waals surface area contributed by atoms with Crippen molar-refractivity contribution in [1.29, 1.82) is 0 Å². The van der Waals surface area contributed by atoms with Gasteiger partial charge in [0.25, 0.3) is 0 Å². The molecule has 0 radical (unpaired) electrons. The number of fused-ring (bicyclic) bond motifs is 3. The molecule has 1 aliphatic carbocycles. The van der Waals surface area contributed by atoms with E-state index < -0.39 is 40.9 Å². The summed E-state index contributed by atoms with van der Waals surface area (Å²) in [7, 11) is 0. The molecule has 0 spiro atoms. The molecule has 3 nitrogen and oxygen atoms in total. The summed E-state index contributed by atoms with van der Waals surface area (Å²) in [6, 6.07) is 9.44. The number of rotatable bonds is 7. The molecule has 8 heteroatoms. The lowest BCUT2D eigenvalue weighted by Crippen LogP contribution is -2.16. The Bertz CT molecular complexity index is 1180. The quantitative estimate of drug-likeness (QED) is 0.347. The van der Waals surface area contributed by atoms with E-state index in [2.05, 4.69) is 0 Å². The zero-order chi connectivity index (χ0) is 23.7. The average molecular weight is 464 g/mol. The molecule has 0 heterocycles. The molecule has 33 heavy (non-hydrogen) atoms. The summed E-state index contributed by atoms with van der Waals surface area (Å²) in [5, 5.41) is 0. The molecule has 2 unspecified atom stereocenters. The molecule has 2 atom stereocenters. The molecule has 0 aliphatic heterocycles. The summed E-state index contributed by atoms with van der Waals surface area (Å²) in [5.41, 5.74) is -0.575. The molecule has 174 valence electrons. The van der Waals surface area contributed by atoms with Crippen molar-refractivity contribution < 1.29 is 36.2 Å². The number of hydrogen-bond acceptors (Lipinski definition) is 3. The predicted octanol–water partition coefficient (Wildman–Crippen LogP) is 7.18. The Morgan fingerprint density at radius 2 is 1.15 bits per heavy atom. The molecule has 0 aromatic heterocycles. The summed E-state index contributed by atoms with van der Waals surface area (Å²) < 4.78 is 89.5. The van der Waals surface area contributed by atoms with Crippen molar-refractivity contribution >= 4 is 0 Å². The van der Waals surface area contributed by atoms with Crippen LogP contribution in [0.5, 0.6) is 17.2 Å². The van der Waals surface area contributed by atoms with Crippen LogP contribution in [0.2, 0.25) is 0 Å². The van der Waals surface area contributed by atoms with Crippen LogP contribution >= 0.6 is 0 Å². The highest BCUT2D eigenvalue weighted by molar-refractivity contribution is 5.76. The van der Waals surface area contributed by atoms with Crippen LogP contribution in [0, 0.1) is 17.5 Å². The lowest BCUT2D eigenvalue weighted by molar-refractivity contribution is 0.157. The third-order valence-electron chi connectivity index (χ3n) is 5.38. The van der Waals surface area contributed by atoms with Gasteiger partial charge in [-0.3, -0.25) is 0 Å². The van der Waals surface area contributed by atoms with Crippen molar-refractivity contribution in [1.82, 2.24) is 0 Å². The maximum absolute atomic E-state index is 15.2. The molecule has 3 aromatic carbocycles. The van der Waals surface area contributed by atoms with Crippen LogP contribution in [0.25, 0.3) is 11.1 Å². The van der Waals surface area contributed by atoms with E-state index in [0.717, 1.165) is 0 Å². The molecule has 0 saturated carbocycles. The van der Waals surface area contributed by atoms with Gasteiger partial charge in [-0.15, -0.1) is 0 Å². The van der Waals surface area contributed by atoms with Gasteiger partial charge < -0.3 is 14.2 Å². The summed E-state index contributed by atoms with van der Waals surface area (Å²) in [4.78, 5) is 0. The van der Waals surface area contributed by atoms with E-state index in [0.29, 0.717) is 12.2 Å². The van der Waals surface area contributed by atoms with Gasteiger partial charge in [0.1, 0.15) is 6.61 Å². The molecule has 0 bridgehead atoms. The van der Waals surface area contributed by atoms with Crippen molar-refractivity contribution in [2.24, 2.45) is 0 Å². The van der Waals surface area contributed by atoms with Gasteiger partial charge in [0, 0.05) is 11.1 Å². The normalized spacial score (nSPS) is 16.7. The number of halogens is 5. The monoisotopic (exact) mass is 464 g/mol. The summed E-state index contributed by atoms with van der Waals surface area (Å²) in [5.74, 6) is -3.14. The third kappa shape index (κ3) is 4.10. The fraction of sp³-hybridized carbons (Fsp3) is 0.280. The molecule has 0 saturated heterocycles. The van der Waals surface area contributed by atoms with Gasteiger partial charge in [-0.1, -0.05) is 18.2 Å². The van der Waals surface area contributed by atoms with Gasteiger partial charge >= 0.3 is 0 Å². The van der Waals surface area contributed by atoms with E-state index in [1.165, 1.54) is 36.4 Å². The van der Waals surface area contributed by atoms with Crippen LogP contribution in [-0.2, 0) is 6.61 Å². The molecule has 0 amide bonds. The van der Waals surface area contributed by atoms with E-state index in [4.69, 9.17) is 14.2 Å². The lowest BCUT2D eigenvalue weighted by atomic mass is 9.82. The van der Waals surface area contributed by atoms with Crippen molar-refractivity contribution in [3.63, 3.8) is 0 Å². The van der Waals surface area contributed by atoms with Crippen molar-refractivity contribution in [2.45, 2.75) is 32.8 Å². The van der Waals surface area contributed by atoms with Crippen LogP contribution in [0.15, 0.2) is 42.5 Å². The van der Waals surface area contributed by atoms with E-state index >= 15 is 4.39 Å². The average Bonchev–Trinajstić information content (AvgIpc) is 2.79. The smallest absolute Gasteiger partial charge is 0.171 e. The van der Waals surface area contributed by atoms with Gasteiger partial charge in [-0.05, 0) is 54.8 Å². The first-order chi connectivity index (χ1) is 15.9. The summed E-state index contributed by atoms with van der Waals surface area (Å²) in [6.45, 7) is 3.60. The van der Waals surface area contributed by atoms with E-state index in [1.54, 1.807) is 19.9 Å². The zero-order valence-corrected chi connectivity index (χ0v) is 17.9. The van der Waals surface area contributed by atoms with E-state index in [-0.39, 0.29) is 41.6 Å². The van der Waals surface area contributed by atoms with E-state index in [1.807, 2.05) is 0 Å². The number of hydrogen-bond donors (Lipinski definition) is 0. The zero-order valence-electron chi connectivity index (χ0n) is 17.9. The Morgan fingerprint density at radius 3 is 1.67 bits per heavy atom. The molecule has 4 rings (SSSR count). The van der Waals surface area contributed by atoms with Crippen molar-refractivity contribution in [3.05, 3.63) is 76.6 Å². The van der Waals surface area contributed by atoms with Gasteiger partial charge in [0.2, 0.25) is 0 Å².